The highest BCUT2D eigenvalue weighted by Crippen LogP contribution is 2.28. The van der Waals surface area contributed by atoms with Crippen molar-refractivity contribution in [1.29, 1.82) is 0 Å². The topological polar surface area (TPSA) is 52.6 Å². The summed E-state index contributed by atoms with van der Waals surface area (Å²) in [5.74, 6) is -0.411. The Hall–Kier alpha value is -2.36. The molecule has 0 bridgehead atoms. The van der Waals surface area contributed by atoms with Crippen LogP contribution >= 0.6 is 0 Å². The molecule has 0 radical (unpaired) electrons. The molecule has 0 aromatic heterocycles. The molecule has 2 rings (SSSR count). The number of aryl methyl sites for hydroxylation is 1. The molecule has 0 aliphatic carbocycles. The van der Waals surface area contributed by atoms with Gasteiger partial charge in [0.1, 0.15) is 5.76 Å². The molecule has 1 aliphatic rings. The van der Waals surface area contributed by atoms with E-state index in [0.717, 1.165) is 11.1 Å². The highest BCUT2D eigenvalue weighted by Gasteiger charge is 2.26. The molecule has 0 spiro atoms. The number of carbonyl (C=O) groups excluding carboxylic acids is 2. The molecule has 0 saturated carbocycles. The lowest BCUT2D eigenvalue weighted by molar-refractivity contribution is -0.136. The van der Waals surface area contributed by atoms with Crippen molar-refractivity contribution in [1.82, 2.24) is 0 Å². The Morgan fingerprint density at radius 3 is 2.42 bits per heavy atom. The van der Waals surface area contributed by atoms with Crippen LogP contribution in [0.4, 0.5) is 0 Å². The van der Waals surface area contributed by atoms with E-state index < -0.39 is 5.97 Å². The second-order valence-corrected chi connectivity index (χ2v) is 4.29. The number of hydrogen-bond acceptors (Lipinski definition) is 4. The largest absolute Gasteiger partial charge is 0.466 e. The predicted octanol–water partition coefficient (Wildman–Crippen LogP) is 2.38. The van der Waals surface area contributed by atoms with Gasteiger partial charge in [0, 0.05) is 11.6 Å². The highest BCUT2D eigenvalue weighted by molar-refractivity contribution is 6.13. The molecular formula is C15H14O4. The molecule has 0 atom stereocenters. The molecule has 4 heteroatoms. The van der Waals surface area contributed by atoms with Gasteiger partial charge < -0.3 is 9.47 Å². The van der Waals surface area contributed by atoms with Gasteiger partial charge in [-0.1, -0.05) is 29.8 Å². The Bertz CT molecular complexity index is 591. The fourth-order valence-electron chi connectivity index (χ4n) is 1.74. The minimum Gasteiger partial charge on any atom is -0.466 e. The van der Waals surface area contributed by atoms with Crippen molar-refractivity contribution in [2.24, 2.45) is 0 Å². The SMILES string of the molecule is COC(=O)C(C)=C1OC(c2ccc(C)cc2)=CC1=O. The van der Waals surface area contributed by atoms with Crippen LogP contribution in [0.5, 0.6) is 0 Å². The van der Waals surface area contributed by atoms with Gasteiger partial charge in [-0.3, -0.25) is 4.79 Å². The van der Waals surface area contributed by atoms with E-state index in [1.54, 1.807) is 0 Å². The van der Waals surface area contributed by atoms with Gasteiger partial charge in [0.15, 0.2) is 5.76 Å². The van der Waals surface area contributed by atoms with Crippen molar-refractivity contribution in [3.8, 4) is 0 Å². The van der Waals surface area contributed by atoms with Gasteiger partial charge in [0.25, 0.3) is 0 Å². The summed E-state index contributed by atoms with van der Waals surface area (Å²) in [4.78, 5) is 23.2. The Labute approximate surface area is 111 Å². The minimum atomic E-state index is -0.568. The van der Waals surface area contributed by atoms with Crippen LogP contribution in [-0.4, -0.2) is 18.9 Å². The van der Waals surface area contributed by atoms with Gasteiger partial charge >= 0.3 is 5.97 Å². The minimum absolute atomic E-state index is 0.0300. The van der Waals surface area contributed by atoms with E-state index in [1.165, 1.54) is 20.1 Å². The summed E-state index contributed by atoms with van der Waals surface area (Å²) in [5, 5.41) is 0. The van der Waals surface area contributed by atoms with Crippen molar-refractivity contribution < 1.29 is 19.1 Å². The molecule has 1 heterocycles. The first-order valence-electron chi connectivity index (χ1n) is 5.83. The number of methoxy groups -OCH3 is 1. The molecule has 4 nitrogen and oxygen atoms in total. The van der Waals surface area contributed by atoms with Crippen molar-refractivity contribution in [3.05, 3.63) is 52.8 Å². The molecule has 0 amide bonds. The lowest BCUT2D eigenvalue weighted by Crippen LogP contribution is -2.08. The predicted molar refractivity (Wildman–Crippen MR) is 70.0 cm³/mol. The fourth-order valence-corrected chi connectivity index (χ4v) is 1.74. The van der Waals surface area contributed by atoms with E-state index in [-0.39, 0.29) is 17.1 Å². The lowest BCUT2D eigenvalue weighted by Gasteiger charge is -2.07. The monoisotopic (exact) mass is 258 g/mol. The standard InChI is InChI=1S/C15H14O4/c1-9-4-6-11(7-5-9)13-8-12(16)14(19-13)10(2)15(17)18-3/h4-8H,1-3H3. The maximum Gasteiger partial charge on any atom is 0.337 e. The zero-order valence-corrected chi connectivity index (χ0v) is 11.0. The molecule has 0 fully saturated rings. The summed E-state index contributed by atoms with van der Waals surface area (Å²) in [5.41, 5.74) is 2.09. The summed E-state index contributed by atoms with van der Waals surface area (Å²) >= 11 is 0. The second kappa shape index (κ2) is 5.10. The third-order valence-electron chi connectivity index (χ3n) is 2.87. The highest BCUT2D eigenvalue weighted by atomic mass is 16.5. The molecule has 98 valence electrons. The molecular weight excluding hydrogens is 244 g/mol. The molecule has 0 N–H and O–H groups in total. The van der Waals surface area contributed by atoms with Gasteiger partial charge in [-0.2, -0.15) is 0 Å². The first-order chi connectivity index (χ1) is 9.02. The van der Waals surface area contributed by atoms with Crippen LogP contribution in [0.1, 0.15) is 18.1 Å². The van der Waals surface area contributed by atoms with Gasteiger partial charge in [0.2, 0.25) is 5.78 Å². The maximum atomic E-state index is 11.8. The van der Waals surface area contributed by atoms with Crippen LogP contribution < -0.4 is 0 Å². The van der Waals surface area contributed by atoms with Crippen LogP contribution in [0.25, 0.3) is 5.76 Å². The van der Waals surface area contributed by atoms with Crippen LogP contribution in [-0.2, 0) is 19.1 Å². The third kappa shape index (κ3) is 2.57. The van der Waals surface area contributed by atoms with E-state index in [9.17, 15) is 9.59 Å². The van der Waals surface area contributed by atoms with Crippen molar-refractivity contribution >= 4 is 17.5 Å². The van der Waals surface area contributed by atoms with Crippen LogP contribution in [0.2, 0.25) is 0 Å². The van der Waals surface area contributed by atoms with Gasteiger partial charge in [-0.05, 0) is 13.8 Å². The van der Waals surface area contributed by atoms with E-state index in [2.05, 4.69) is 4.74 Å². The van der Waals surface area contributed by atoms with Crippen LogP contribution in [0, 0.1) is 6.92 Å². The number of ketones is 1. The summed E-state index contributed by atoms with van der Waals surface area (Å²) in [7, 11) is 1.26. The summed E-state index contributed by atoms with van der Waals surface area (Å²) in [6, 6.07) is 7.59. The number of allylic oxidation sites excluding steroid dienone is 1. The maximum absolute atomic E-state index is 11.8. The lowest BCUT2D eigenvalue weighted by atomic mass is 10.1. The first kappa shape index (κ1) is 13.1. The van der Waals surface area contributed by atoms with Crippen molar-refractivity contribution in [3.63, 3.8) is 0 Å². The van der Waals surface area contributed by atoms with E-state index in [4.69, 9.17) is 4.74 Å². The zero-order chi connectivity index (χ0) is 14.0. The average Bonchev–Trinajstić information content (AvgIpc) is 2.80. The Morgan fingerprint density at radius 2 is 1.84 bits per heavy atom. The Morgan fingerprint density at radius 1 is 1.21 bits per heavy atom. The smallest absolute Gasteiger partial charge is 0.337 e. The van der Waals surface area contributed by atoms with E-state index >= 15 is 0 Å². The Kier molecular flexibility index (Phi) is 3.51. The molecule has 0 unspecified atom stereocenters. The molecule has 0 saturated heterocycles. The molecule has 1 aromatic carbocycles. The van der Waals surface area contributed by atoms with Gasteiger partial charge in [0.05, 0.1) is 12.7 Å². The van der Waals surface area contributed by atoms with Crippen molar-refractivity contribution in [2.75, 3.05) is 7.11 Å². The number of benzene rings is 1. The quantitative estimate of drug-likeness (QED) is 0.603. The molecule has 19 heavy (non-hydrogen) atoms. The summed E-state index contributed by atoms with van der Waals surface area (Å²) < 4.78 is 10.1. The van der Waals surface area contributed by atoms with Crippen LogP contribution in [0.3, 0.4) is 0 Å². The van der Waals surface area contributed by atoms with Crippen molar-refractivity contribution in [2.45, 2.75) is 13.8 Å². The van der Waals surface area contributed by atoms with E-state index in [0.29, 0.717) is 5.76 Å². The molecule has 1 aliphatic heterocycles. The summed E-state index contributed by atoms with van der Waals surface area (Å²) in [6.07, 6.45) is 1.38. The fraction of sp³-hybridized carbons (Fsp3) is 0.200. The van der Waals surface area contributed by atoms with Crippen LogP contribution in [0.15, 0.2) is 41.7 Å². The third-order valence-corrected chi connectivity index (χ3v) is 2.87. The number of ether oxygens (including phenoxy) is 2. The molecule has 1 aromatic rings. The number of esters is 1. The first-order valence-corrected chi connectivity index (χ1v) is 5.83. The number of hydrogen-bond donors (Lipinski definition) is 0. The Balaban J connectivity index is 2.30. The van der Waals surface area contributed by atoms with E-state index in [1.807, 2.05) is 31.2 Å². The second-order valence-electron chi connectivity index (χ2n) is 4.29. The van der Waals surface area contributed by atoms with Gasteiger partial charge in [-0.25, -0.2) is 4.79 Å². The number of rotatable bonds is 2. The van der Waals surface area contributed by atoms with Gasteiger partial charge in [-0.15, -0.1) is 0 Å². The summed E-state index contributed by atoms with van der Waals surface area (Å²) in [6.45, 7) is 3.48. The zero-order valence-electron chi connectivity index (χ0n) is 11.0. The number of carbonyl (C=O) groups is 2. The average molecular weight is 258 g/mol. The normalized spacial score (nSPS) is 16.8.